The number of aromatic amines is 1. The first-order chi connectivity index (χ1) is 12.3. The summed E-state index contributed by atoms with van der Waals surface area (Å²) in [6.07, 6.45) is 2.13. The summed E-state index contributed by atoms with van der Waals surface area (Å²) < 4.78 is 9.87. The molecule has 1 aromatic heterocycles. The fraction of sp³-hybridized carbons (Fsp3) is 0.550. The minimum atomic E-state index is -0.318. The number of methoxy groups -OCH3 is 1. The highest BCUT2D eigenvalue weighted by Gasteiger charge is 2.15. The maximum Gasteiger partial charge on any atom is 0.293 e. The zero-order chi connectivity index (χ0) is 19.2. The Hall–Kier alpha value is -2.05. The monoisotopic (exact) mass is 361 g/mol. The molecule has 1 aliphatic rings. The number of carbonyl (C=O) groups is 1. The van der Waals surface area contributed by atoms with Crippen LogP contribution in [0.1, 0.15) is 26.3 Å². The highest BCUT2D eigenvalue weighted by molar-refractivity contribution is 5.84. The second-order valence-corrected chi connectivity index (χ2v) is 7.63. The third-order valence-electron chi connectivity index (χ3n) is 4.37. The number of hydrogen-bond donors (Lipinski definition) is 1. The molecule has 26 heavy (non-hydrogen) atoms. The van der Waals surface area contributed by atoms with E-state index in [4.69, 9.17) is 4.74 Å². The molecule has 0 spiro atoms. The average molecular weight is 361 g/mol. The van der Waals surface area contributed by atoms with Crippen molar-refractivity contribution in [2.75, 3.05) is 40.3 Å². The van der Waals surface area contributed by atoms with Crippen LogP contribution in [0.15, 0.2) is 24.4 Å². The van der Waals surface area contributed by atoms with Gasteiger partial charge in [-0.15, -0.1) is 0 Å². The van der Waals surface area contributed by atoms with Crippen LogP contribution < -0.4 is 4.74 Å². The van der Waals surface area contributed by atoms with Gasteiger partial charge in [-0.25, -0.2) is 0 Å². The van der Waals surface area contributed by atoms with E-state index in [1.807, 2.05) is 26.8 Å². The van der Waals surface area contributed by atoms with Gasteiger partial charge in [0.15, 0.2) is 0 Å². The lowest BCUT2D eigenvalue weighted by atomic mass is 10.1. The van der Waals surface area contributed by atoms with Crippen LogP contribution in [0.4, 0.5) is 0 Å². The quantitative estimate of drug-likeness (QED) is 0.849. The Kier molecular flexibility index (Phi) is 7.06. The minimum Gasteiger partial charge on any atom is -0.497 e. The number of piperazine rings is 1. The van der Waals surface area contributed by atoms with Gasteiger partial charge in [0.05, 0.1) is 7.11 Å². The summed E-state index contributed by atoms with van der Waals surface area (Å²) in [5.74, 6) is 0.923. The van der Waals surface area contributed by atoms with Crippen molar-refractivity contribution < 1.29 is 14.3 Å². The molecule has 0 bridgehead atoms. The number of aromatic nitrogens is 1. The second-order valence-electron chi connectivity index (χ2n) is 7.63. The van der Waals surface area contributed by atoms with E-state index in [-0.39, 0.29) is 5.60 Å². The van der Waals surface area contributed by atoms with Gasteiger partial charge in [-0.1, -0.05) is 0 Å². The number of hydrogen-bond acceptors (Lipinski definition) is 5. The van der Waals surface area contributed by atoms with Gasteiger partial charge in [0.2, 0.25) is 0 Å². The fourth-order valence-electron chi connectivity index (χ4n) is 2.81. The number of carbonyl (C=O) groups excluding carboxylic acids is 1. The summed E-state index contributed by atoms with van der Waals surface area (Å²) in [6, 6.07) is 6.21. The summed E-state index contributed by atoms with van der Waals surface area (Å²) in [5, 5.41) is 1.28. The second kappa shape index (κ2) is 9.05. The van der Waals surface area contributed by atoms with E-state index in [2.05, 4.69) is 44.9 Å². The molecule has 1 N–H and O–H groups in total. The lowest BCUT2D eigenvalue weighted by Gasteiger charge is -2.32. The molecule has 2 aromatic rings. The highest BCUT2D eigenvalue weighted by atomic mass is 16.5. The van der Waals surface area contributed by atoms with Gasteiger partial charge < -0.3 is 19.4 Å². The zero-order valence-corrected chi connectivity index (χ0v) is 16.5. The number of likely N-dealkylation sites (N-methyl/N-ethyl adjacent to an activating group) is 1. The van der Waals surface area contributed by atoms with Gasteiger partial charge in [-0.2, -0.15) is 0 Å². The van der Waals surface area contributed by atoms with Crippen LogP contribution in [0, 0.1) is 0 Å². The molecule has 3 rings (SSSR count). The van der Waals surface area contributed by atoms with Crippen LogP contribution in [-0.4, -0.2) is 67.2 Å². The van der Waals surface area contributed by atoms with Crippen LogP contribution in [0.3, 0.4) is 0 Å². The SMILES string of the molecule is CC(C)(C)OC=O.COc1ccc2[nH]cc(CN3CCN(C)CC3)c2c1. The minimum absolute atomic E-state index is 0.318. The van der Waals surface area contributed by atoms with Gasteiger partial charge in [-0.05, 0) is 51.6 Å². The molecular weight excluding hydrogens is 330 g/mol. The van der Waals surface area contributed by atoms with Crippen molar-refractivity contribution in [2.45, 2.75) is 32.9 Å². The van der Waals surface area contributed by atoms with Gasteiger partial charge in [0.25, 0.3) is 6.47 Å². The molecule has 0 unspecified atom stereocenters. The maximum absolute atomic E-state index is 9.60. The van der Waals surface area contributed by atoms with Gasteiger partial charge in [0, 0.05) is 49.8 Å². The van der Waals surface area contributed by atoms with Crippen molar-refractivity contribution in [1.29, 1.82) is 0 Å². The molecule has 1 aliphatic heterocycles. The fourth-order valence-corrected chi connectivity index (χ4v) is 2.81. The van der Waals surface area contributed by atoms with E-state index >= 15 is 0 Å². The van der Waals surface area contributed by atoms with Crippen LogP contribution >= 0.6 is 0 Å². The van der Waals surface area contributed by atoms with Crippen LogP contribution in [-0.2, 0) is 16.1 Å². The first-order valence-corrected chi connectivity index (χ1v) is 8.99. The third kappa shape index (κ3) is 6.04. The molecule has 1 aromatic carbocycles. The molecule has 6 heteroatoms. The summed E-state index contributed by atoms with van der Waals surface area (Å²) in [7, 11) is 3.90. The lowest BCUT2D eigenvalue weighted by molar-refractivity contribution is -0.138. The first-order valence-electron chi connectivity index (χ1n) is 8.99. The Bertz CT molecular complexity index is 698. The van der Waals surface area contributed by atoms with Crippen molar-refractivity contribution in [3.05, 3.63) is 30.0 Å². The molecule has 0 saturated carbocycles. The molecule has 0 radical (unpaired) electrons. The molecule has 2 heterocycles. The van der Waals surface area contributed by atoms with E-state index in [1.54, 1.807) is 7.11 Å². The summed E-state index contributed by atoms with van der Waals surface area (Å²) in [5.41, 5.74) is 2.23. The van der Waals surface area contributed by atoms with Crippen LogP contribution in [0.25, 0.3) is 10.9 Å². The Balaban J connectivity index is 0.000000298. The van der Waals surface area contributed by atoms with Gasteiger partial charge in [-0.3, -0.25) is 9.69 Å². The average Bonchev–Trinajstić information content (AvgIpc) is 2.98. The number of nitrogens with one attached hydrogen (secondary N) is 1. The van der Waals surface area contributed by atoms with E-state index in [0.29, 0.717) is 6.47 Å². The van der Waals surface area contributed by atoms with E-state index < -0.39 is 0 Å². The summed E-state index contributed by atoms with van der Waals surface area (Å²) in [6.45, 7) is 11.5. The van der Waals surface area contributed by atoms with Crippen LogP contribution in [0.5, 0.6) is 5.75 Å². The van der Waals surface area contributed by atoms with Gasteiger partial charge in [0.1, 0.15) is 11.4 Å². The van der Waals surface area contributed by atoms with Crippen molar-refractivity contribution in [2.24, 2.45) is 0 Å². The molecule has 6 nitrogen and oxygen atoms in total. The van der Waals surface area contributed by atoms with Crippen LogP contribution in [0.2, 0.25) is 0 Å². The number of nitrogens with zero attached hydrogens (tertiary/aromatic N) is 2. The molecule has 0 amide bonds. The Morgan fingerprint density at radius 3 is 2.42 bits per heavy atom. The number of H-pyrrole nitrogens is 1. The molecule has 1 saturated heterocycles. The number of ether oxygens (including phenoxy) is 2. The number of fused-ring (bicyclic) bond motifs is 1. The smallest absolute Gasteiger partial charge is 0.293 e. The van der Waals surface area contributed by atoms with E-state index in [1.165, 1.54) is 16.5 Å². The molecule has 0 atom stereocenters. The molecular formula is C20H31N3O3. The summed E-state index contributed by atoms with van der Waals surface area (Å²) in [4.78, 5) is 17.8. The Morgan fingerprint density at radius 1 is 1.19 bits per heavy atom. The predicted molar refractivity (Wildman–Crippen MR) is 105 cm³/mol. The number of benzene rings is 1. The standard InChI is InChI=1S/C15H21N3O.C5H10O2/c1-17-5-7-18(8-6-17)11-12-10-16-15-4-3-13(19-2)9-14(12)15;1-5(2,3)7-4-6/h3-4,9-10,16H,5-8,11H2,1-2H3;4H,1-3H3. The van der Waals surface area contributed by atoms with Crippen molar-refractivity contribution >= 4 is 17.4 Å². The van der Waals surface area contributed by atoms with Gasteiger partial charge >= 0.3 is 0 Å². The Labute approximate surface area is 156 Å². The number of rotatable bonds is 4. The topological polar surface area (TPSA) is 57.8 Å². The maximum atomic E-state index is 9.60. The molecule has 1 fully saturated rings. The first kappa shape index (κ1) is 20.3. The lowest BCUT2D eigenvalue weighted by Crippen LogP contribution is -2.43. The largest absolute Gasteiger partial charge is 0.497 e. The normalized spacial score (nSPS) is 16.0. The van der Waals surface area contributed by atoms with Crippen molar-refractivity contribution in [3.8, 4) is 5.75 Å². The van der Waals surface area contributed by atoms with Crippen molar-refractivity contribution in [1.82, 2.24) is 14.8 Å². The third-order valence-corrected chi connectivity index (χ3v) is 4.37. The van der Waals surface area contributed by atoms with E-state index in [0.717, 1.165) is 38.5 Å². The zero-order valence-electron chi connectivity index (χ0n) is 16.5. The Morgan fingerprint density at radius 2 is 1.88 bits per heavy atom. The highest BCUT2D eigenvalue weighted by Crippen LogP contribution is 2.24. The molecule has 144 valence electrons. The van der Waals surface area contributed by atoms with E-state index in [9.17, 15) is 4.79 Å². The van der Waals surface area contributed by atoms with Crippen molar-refractivity contribution in [3.63, 3.8) is 0 Å². The predicted octanol–water partition coefficient (Wildman–Crippen LogP) is 2.88. The molecule has 0 aliphatic carbocycles. The summed E-state index contributed by atoms with van der Waals surface area (Å²) >= 11 is 0.